The van der Waals surface area contributed by atoms with Crippen LogP contribution >= 0.6 is 0 Å². The molecule has 0 aromatic carbocycles. The first-order valence-electron chi connectivity index (χ1n) is 7.42. The fraction of sp³-hybridized carbons (Fsp3) is 0.786. The van der Waals surface area contributed by atoms with Crippen molar-refractivity contribution in [1.29, 1.82) is 0 Å². The van der Waals surface area contributed by atoms with Crippen molar-refractivity contribution in [3.05, 3.63) is 12.2 Å². The van der Waals surface area contributed by atoms with Gasteiger partial charge in [-0.05, 0) is 24.2 Å². The number of nitrogens with zero attached hydrogens (tertiary/aromatic N) is 3. The molecule has 2 aliphatic carbocycles. The molecule has 3 rings (SSSR count). The second-order valence-corrected chi connectivity index (χ2v) is 9.10. The zero-order valence-corrected chi connectivity index (χ0v) is 13.9. The van der Waals surface area contributed by atoms with Crippen molar-refractivity contribution >= 4 is 15.8 Å². The maximum Gasteiger partial charge on any atom is 0.215 e. The smallest absolute Gasteiger partial charge is 0.215 e. The maximum atomic E-state index is 12.7. The zero-order chi connectivity index (χ0) is 16.2. The number of ketones is 1. The molecule has 122 valence electrons. The highest BCUT2D eigenvalue weighted by molar-refractivity contribution is 7.89. The number of fused-ring (bicyclic) bond motifs is 2. The van der Waals surface area contributed by atoms with E-state index in [0.29, 0.717) is 24.6 Å². The van der Waals surface area contributed by atoms with E-state index in [2.05, 4.69) is 14.7 Å². The molecule has 1 aromatic heterocycles. The molecule has 0 saturated heterocycles. The van der Waals surface area contributed by atoms with Crippen LogP contribution < -0.4 is 0 Å². The van der Waals surface area contributed by atoms with Gasteiger partial charge in [-0.2, -0.15) is 9.29 Å². The predicted molar refractivity (Wildman–Crippen MR) is 78.1 cm³/mol. The third-order valence-corrected chi connectivity index (χ3v) is 7.75. The van der Waals surface area contributed by atoms with Gasteiger partial charge in [-0.15, -0.1) is 0 Å². The first-order valence-corrected chi connectivity index (χ1v) is 9.02. The van der Waals surface area contributed by atoms with E-state index in [-0.39, 0.29) is 23.5 Å². The summed E-state index contributed by atoms with van der Waals surface area (Å²) in [7, 11) is -2.09. The molecule has 0 radical (unpaired) electrons. The van der Waals surface area contributed by atoms with Gasteiger partial charge in [0, 0.05) is 18.9 Å². The molecule has 2 saturated carbocycles. The van der Waals surface area contributed by atoms with Crippen LogP contribution in [0.1, 0.15) is 38.9 Å². The summed E-state index contributed by atoms with van der Waals surface area (Å²) < 4.78 is 31.3. The van der Waals surface area contributed by atoms with Crippen molar-refractivity contribution in [3.8, 4) is 0 Å². The van der Waals surface area contributed by atoms with Crippen LogP contribution in [0, 0.1) is 16.7 Å². The molecule has 2 atom stereocenters. The topological polar surface area (TPSA) is 93.4 Å². The maximum absolute atomic E-state index is 12.7. The second-order valence-electron chi connectivity index (χ2n) is 7.03. The van der Waals surface area contributed by atoms with Crippen molar-refractivity contribution in [2.75, 3.05) is 12.8 Å². The lowest BCUT2D eigenvalue weighted by Crippen LogP contribution is -2.45. The number of hydrogen-bond acceptors (Lipinski definition) is 6. The van der Waals surface area contributed by atoms with Crippen LogP contribution in [0.5, 0.6) is 0 Å². The predicted octanol–water partition coefficient (Wildman–Crippen LogP) is 1.23. The largest absolute Gasteiger partial charge is 0.343 e. The molecule has 1 heterocycles. The molecule has 2 bridgehead atoms. The number of rotatable bonds is 5. The van der Waals surface area contributed by atoms with Crippen LogP contribution in [0.2, 0.25) is 0 Å². The lowest BCUT2D eigenvalue weighted by Gasteiger charge is -2.37. The van der Waals surface area contributed by atoms with Crippen molar-refractivity contribution < 1.29 is 17.7 Å². The van der Waals surface area contributed by atoms with E-state index < -0.39 is 15.4 Å². The van der Waals surface area contributed by atoms with Gasteiger partial charge in [0.25, 0.3) is 0 Å². The minimum atomic E-state index is -3.58. The minimum absolute atomic E-state index is 0.0486. The third-order valence-electron chi connectivity index (χ3n) is 5.81. The molecule has 2 fully saturated rings. The average Bonchev–Trinajstić information content (AvgIpc) is 3.04. The van der Waals surface area contributed by atoms with Crippen molar-refractivity contribution in [3.63, 3.8) is 0 Å². The van der Waals surface area contributed by atoms with Gasteiger partial charge >= 0.3 is 0 Å². The first-order chi connectivity index (χ1) is 10.2. The minimum Gasteiger partial charge on any atom is -0.343 e. The average molecular weight is 327 g/mol. The summed E-state index contributed by atoms with van der Waals surface area (Å²) in [5.41, 5.74) is -1.01. The van der Waals surface area contributed by atoms with Crippen molar-refractivity contribution in [2.24, 2.45) is 16.7 Å². The third kappa shape index (κ3) is 2.11. The summed E-state index contributed by atoms with van der Waals surface area (Å²) in [5.74, 6) is 0.587. The van der Waals surface area contributed by atoms with E-state index >= 15 is 0 Å². The van der Waals surface area contributed by atoms with E-state index in [9.17, 15) is 13.2 Å². The Balaban J connectivity index is 1.83. The van der Waals surface area contributed by atoms with E-state index in [1.165, 1.54) is 17.7 Å². The van der Waals surface area contributed by atoms with E-state index in [1.807, 2.05) is 13.8 Å². The van der Waals surface area contributed by atoms with E-state index in [1.54, 1.807) is 0 Å². The molecule has 0 N–H and O–H groups in total. The van der Waals surface area contributed by atoms with Gasteiger partial charge in [0.1, 0.15) is 5.78 Å². The number of carbonyl (C=O) groups is 1. The van der Waals surface area contributed by atoms with Crippen LogP contribution in [0.4, 0.5) is 0 Å². The van der Waals surface area contributed by atoms with Crippen LogP contribution in [-0.4, -0.2) is 41.4 Å². The highest BCUT2D eigenvalue weighted by Crippen LogP contribution is 2.64. The number of aromatic nitrogens is 2. The molecule has 22 heavy (non-hydrogen) atoms. The molecule has 0 spiro atoms. The summed E-state index contributed by atoms with van der Waals surface area (Å²) in [6, 6.07) is 0. The van der Waals surface area contributed by atoms with Crippen molar-refractivity contribution in [2.45, 2.75) is 39.7 Å². The van der Waals surface area contributed by atoms with Gasteiger partial charge in [-0.1, -0.05) is 19.0 Å². The number of sulfonamides is 1. The van der Waals surface area contributed by atoms with Crippen LogP contribution in [0.3, 0.4) is 0 Å². The Morgan fingerprint density at radius 1 is 1.45 bits per heavy atom. The van der Waals surface area contributed by atoms with E-state index in [4.69, 9.17) is 0 Å². The van der Waals surface area contributed by atoms with Crippen LogP contribution in [0.15, 0.2) is 10.9 Å². The summed E-state index contributed by atoms with van der Waals surface area (Å²) >= 11 is 0. The molecule has 2 aliphatic rings. The van der Waals surface area contributed by atoms with Gasteiger partial charge in [-0.25, -0.2) is 8.42 Å². The molecule has 0 unspecified atom stereocenters. The molecule has 0 amide bonds. The monoisotopic (exact) mass is 327 g/mol. The number of hydrogen-bond donors (Lipinski definition) is 0. The molecular weight excluding hydrogens is 306 g/mol. The van der Waals surface area contributed by atoms with Gasteiger partial charge in [-0.3, -0.25) is 4.79 Å². The van der Waals surface area contributed by atoms with Gasteiger partial charge in [0.05, 0.1) is 12.3 Å². The summed E-state index contributed by atoms with van der Waals surface area (Å²) in [5, 5.41) is 3.63. The SMILES string of the molecule is CN(Cc1ncon1)S(=O)(=O)C[C@@]12CC[C@@H](CC1=O)C2(C)C. The van der Waals surface area contributed by atoms with E-state index in [0.717, 1.165) is 6.42 Å². The number of carbonyl (C=O) groups excluding carboxylic acids is 1. The Labute approximate surface area is 130 Å². The normalized spacial score (nSPS) is 30.4. The van der Waals surface area contributed by atoms with Crippen molar-refractivity contribution in [1.82, 2.24) is 14.4 Å². The summed E-state index contributed by atoms with van der Waals surface area (Å²) in [6.07, 6.45) is 3.28. The first kappa shape index (κ1) is 15.6. The van der Waals surface area contributed by atoms with Gasteiger partial charge in [0.15, 0.2) is 5.82 Å². The van der Waals surface area contributed by atoms with Crippen LogP contribution in [0.25, 0.3) is 0 Å². The Hall–Kier alpha value is -1.28. The zero-order valence-electron chi connectivity index (χ0n) is 13.1. The highest BCUT2D eigenvalue weighted by Gasteiger charge is 2.65. The molecule has 0 aliphatic heterocycles. The summed E-state index contributed by atoms with van der Waals surface area (Å²) in [6.45, 7) is 4.11. The fourth-order valence-electron chi connectivity index (χ4n) is 4.09. The Morgan fingerprint density at radius 2 is 2.18 bits per heavy atom. The van der Waals surface area contributed by atoms with Gasteiger partial charge in [0.2, 0.25) is 16.4 Å². The Morgan fingerprint density at radius 3 is 2.68 bits per heavy atom. The fourth-order valence-corrected chi connectivity index (χ4v) is 5.92. The quantitative estimate of drug-likeness (QED) is 0.807. The molecular formula is C14H21N3O4S. The second kappa shape index (κ2) is 4.86. The number of Topliss-reactive ketones (excluding diaryl/α,β-unsaturated/α-hetero) is 1. The summed E-state index contributed by atoms with van der Waals surface area (Å²) in [4.78, 5) is 16.3. The molecule has 8 heteroatoms. The Kier molecular flexibility index (Phi) is 3.45. The lowest BCUT2D eigenvalue weighted by atomic mass is 9.70. The standard InChI is InChI=1S/C14H21N3O4S/c1-13(2)10-4-5-14(13,11(18)6-10)8-22(19,20)17(3)7-12-15-9-21-16-12/h9-10H,4-8H2,1-3H3/t10-,14-/m0/s1. The van der Waals surface area contributed by atoms with Gasteiger partial charge < -0.3 is 4.52 Å². The molecule has 7 nitrogen and oxygen atoms in total. The Bertz CT molecular complexity index is 683. The molecule has 1 aromatic rings. The highest BCUT2D eigenvalue weighted by atomic mass is 32.2. The lowest BCUT2D eigenvalue weighted by molar-refractivity contribution is -0.128. The van der Waals surface area contributed by atoms with Crippen LogP contribution in [-0.2, 0) is 21.4 Å².